The molecule has 1 amide bonds. The Bertz CT molecular complexity index is 723. The number of hydrogen-bond acceptors (Lipinski definition) is 6. The van der Waals surface area contributed by atoms with E-state index in [4.69, 9.17) is 4.74 Å². The monoisotopic (exact) mass is 332 g/mol. The number of carbonyl (C=O) groups is 1. The summed E-state index contributed by atoms with van der Waals surface area (Å²) in [6.07, 6.45) is 0.730. The zero-order valence-electron chi connectivity index (χ0n) is 13.8. The lowest BCUT2D eigenvalue weighted by atomic mass is 10.3. The minimum absolute atomic E-state index is 0.0422. The Kier molecular flexibility index (Phi) is 4.30. The largest absolute Gasteiger partial charge is 0.458 e. The van der Waals surface area contributed by atoms with Crippen LogP contribution in [0.3, 0.4) is 0 Å². The van der Waals surface area contributed by atoms with Crippen LogP contribution in [0.1, 0.15) is 38.2 Å². The second kappa shape index (κ2) is 6.23. The molecular formula is C16H20N4O2S. The van der Waals surface area contributed by atoms with Crippen molar-refractivity contribution in [2.45, 2.75) is 40.2 Å². The molecule has 0 N–H and O–H groups in total. The molecule has 1 aliphatic heterocycles. The topological polar surface area (TPSA) is 68.2 Å². The van der Waals surface area contributed by atoms with Crippen molar-refractivity contribution < 1.29 is 9.53 Å². The number of carbonyl (C=O) groups excluding carboxylic acids is 1. The summed E-state index contributed by atoms with van der Waals surface area (Å²) >= 11 is 1.45. The zero-order valence-corrected chi connectivity index (χ0v) is 14.6. The minimum Gasteiger partial charge on any atom is -0.458 e. The van der Waals surface area contributed by atoms with Gasteiger partial charge in [-0.05, 0) is 33.8 Å². The van der Waals surface area contributed by atoms with E-state index in [9.17, 15) is 4.79 Å². The number of ether oxygens (including phenoxy) is 1. The van der Waals surface area contributed by atoms with Crippen LogP contribution in [0.25, 0.3) is 0 Å². The lowest BCUT2D eigenvalue weighted by Crippen LogP contribution is -2.31. The minimum atomic E-state index is -0.0607. The highest BCUT2D eigenvalue weighted by molar-refractivity contribution is 7.13. The van der Waals surface area contributed by atoms with E-state index in [2.05, 4.69) is 15.0 Å². The maximum atomic E-state index is 12.6. The summed E-state index contributed by atoms with van der Waals surface area (Å²) in [6, 6.07) is 2.30. The SMILES string of the molecule is Cc1cc(C)nc(O[C@H]2CCN(C(=O)c3sc(C)nc3C)C2)n1. The van der Waals surface area contributed by atoms with E-state index >= 15 is 0 Å². The average molecular weight is 332 g/mol. The second-order valence-corrected chi connectivity index (χ2v) is 7.06. The van der Waals surface area contributed by atoms with Gasteiger partial charge in [0, 0.05) is 24.4 Å². The number of likely N-dealkylation sites (tertiary alicyclic amines) is 1. The predicted octanol–water partition coefficient (Wildman–Crippen LogP) is 2.46. The van der Waals surface area contributed by atoms with Gasteiger partial charge < -0.3 is 9.64 Å². The molecule has 6 nitrogen and oxygen atoms in total. The number of thiazole rings is 1. The van der Waals surface area contributed by atoms with Crippen LogP contribution < -0.4 is 4.74 Å². The standard InChI is InChI=1S/C16H20N4O2S/c1-9-7-10(2)18-16(17-9)22-13-5-6-20(8-13)15(21)14-11(3)19-12(4)23-14/h7,13H,5-6,8H2,1-4H3/t13-/m0/s1. The zero-order chi connectivity index (χ0) is 16.6. The first kappa shape index (κ1) is 15.9. The fraction of sp³-hybridized carbons (Fsp3) is 0.500. The van der Waals surface area contributed by atoms with Crippen LogP contribution in [0, 0.1) is 27.7 Å². The maximum absolute atomic E-state index is 12.6. The van der Waals surface area contributed by atoms with Crippen molar-refractivity contribution in [3.05, 3.63) is 33.0 Å². The quantitative estimate of drug-likeness (QED) is 0.863. The number of aryl methyl sites for hydroxylation is 4. The van der Waals surface area contributed by atoms with Crippen molar-refractivity contribution in [3.8, 4) is 6.01 Å². The number of amides is 1. The molecule has 122 valence electrons. The van der Waals surface area contributed by atoms with Gasteiger partial charge in [-0.15, -0.1) is 11.3 Å². The third kappa shape index (κ3) is 3.50. The van der Waals surface area contributed by atoms with Crippen LogP contribution in [0.15, 0.2) is 6.07 Å². The summed E-state index contributed by atoms with van der Waals surface area (Å²) in [5.74, 6) is 0.0422. The van der Waals surface area contributed by atoms with Gasteiger partial charge in [0.25, 0.3) is 5.91 Å². The summed E-state index contributed by atoms with van der Waals surface area (Å²) in [7, 11) is 0. The lowest BCUT2D eigenvalue weighted by molar-refractivity contribution is 0.0773. The average Bonchev–Trinajstić information content (AvgIpc) is 3.03. The van der Waals surface area contributed by atoms with Crippen molar-refractivity contribution in [1.82, 2.24) is 19.9 Å². The first-order valence-electron chi connectivity index (χ1n) is 7.64. The molecule has 0 unspecified atom stereocenters. The van der Waals surface area contributed by atoms with Gasteiger partial charge in [0.05, 0.1) is 17.2 Å². The molecule has 0 radical (unpaired) electrons. The number of aromatic nitrogens is 3. The molecule has 7 heteroatoms. The van der Waals surface area contributed by atoms with Crippen LogP contribution in [-0.2, 0) is 0 Å². The van der Waals surface area contributed by atoms with Crippen molar-refractivity contribution in [2.24, 2.45) is 0 Å². The van der Waals surface area contributed by atoms with Crippen molar-refractivity contribution in [3.63, 3.8) is 0 Å². The molecule has 2 aromatic heterocycles. The van der Waals surface area contributed by atoms with Crippen LogP contribution in [0.5, 0.6) is 6.01 Å². The Morgan fingerprint density at radius 3 is 2.52 bits per heavy atom. The van der Waals surface area contributed by atoms with Gasteiger partial charge in [-0.3, -0.25) is 4.79 Å². The van der Waals surface area contributed by atoms with Crippen molar-refractivity contribution >= 4 is 17.2 Å². The Morgan fingerprint density at radius 2 is 1.91 bits per heavy atom. The highest BCUT2D eigenvalue weighted by atomic mass is 32.1. The molecule has 1 aliphatic rings. The third-order valence-corrected chi connectivity index (χ3v) is 4.82. The molecule has 1 saturated heterocycles. The van der Waals surface area contributed by atoms with Gasteiger partial charge in [-0.2, -0.15) is 0 Å². The first-order chi connectivity index (χ1) is 10.9. The Morgan fingerprint density at radius 1 is 1.22 bits per heavy atom. The molecule has 0 saturated carbocycles. The Balaban J connectivity index is 1.66. The molecule has 23 heavy (non-hydrogen) atoms. The molecular weight excluding hydrogens is 312 g/mol. The molecule has 0 aliphatic carbocycles. The van der Waals surface area contributed by atoms with Gasteiger partial charge in [0.1, 0.15) is 11.0 Å². The van der Waals surface area contributed by atoms with E-state index in [0.29, 0.717) is 19.1 Å². The number of rotatable bonds is 3. The van der Waals surface area contributed by atoms with Crippen molar-refractivity contribution in [2.75, 3.05) is 13.1 Å². The highest BCUT2D eigenvalue weighted by Gasteiger charge is 2.30. The van der Waals surface area contributed by atoms with Gasteiger partial charge in [0.2, 0.25) is 0 Å². The van der Waals surface area contributed by atoms with Gasteiger partial charge in [-0.1, -0.05) is 0 Å². The van der Waals surface area contributed by atoms with E-state index in [1.54, 1.807) is 0 Å². The van der Waals surface area contributed by atoms with E-state index in [0.717, 1.165) is 33.4 Å². The van der Waals surface area contributed by atoms with E-state index < -0.39 is 0 Å². The van der Waals surface area contributed by atoms with Crippen LogP contribution in [0.4, 0.5) is 0 Å². The van der Waals surface area contributed by atoms with Crippen LogP contribution in [0.2, 0.25) is 0 Å². The molecule has 0 bridgehead atoms. The second-order valence-electron chi connectivity index (χ2n) is 5.86. The fourth-order valence-corrected chi connectivity index (χ4v) is 3.67. The smallest absolute Gasteiger partial charge is 0.317 e. The molecule has 0 aromatic carbocycles. The Hall–Kier alpha value is -2.02. The highest BCUT2D eigenvalue weighted by Crippen LogP contribution is 2.23. The maximum Gasteiger partial charge on any atom is 0.317 e. The van der Waals surface area contributed by atoms with Crippen LogP contribution >= 0.6 is 11.3 Å². The summed E-state index contributed by atoms with van der Waals surface area (Å²) in [4.78, 5) is 28.1. The fourth-order valence-electron chi connectivity index (χ4n) is 2.78. The molecule has 1 atom stereocenters. The molecule has 2 aromatic rings. The number of hydrogen-bond donors (Lipinski definition) is 0. The third-order valence-electron chi connectivity index (χ3n) is 3.76. The van der Waals surface area contributed by atoms with Crippen molar-refractivity contribution in [1.29, 1.82) is 0 Å². The molecule has 3 rings (SSSR count). The van der Waals surface area contributed by atoms with Gasteiger partial charge in [0.15, 0.2) is 0 Å². The van der Waals surface area contributed by atoms with Gasteiger partial charge in [-0.25, -0.2) is 15.0 Å². The summed E-state index contributed by atoms with van der Waals surface area (Å²) < 4.78 is 5.86. The molecule has 3 heterocycles. The summed E-state index contributed by atoms with van der Waals surface area (Å²) in [5.41, 5.74) is 2.57. The van der Waals surface area contributed by atoms with Gasteiger partial charge >= 0.3 is 6.01 Å². The normalized spacial score (nSPS) is 17.6. The lowest BCUT2D eigenvalue weighted by Gasteiger charge is -2.16. The van der Waals surface area contributed by atoms with E-state index in [-0.39, 0.29) is 12.0 Å². The van der Waals surface area contributed by atoms with Crippen LogP contribution in [-0.4, -0.2) is 45.0 Å². The Labute approximate surface area is 139 Å². The predicted molar refractivity (Wildman–Crippen MR) is 88.0 cm³/mol. The van der Waals surface area contributed by atoms with E-state index in [1.165, 1.54) is 11.3 Å². The number of nitrogens with zero attached hydrogens (tertiary/aromatic N) is 4. The molecule has 0 spiro atoms. The summed E-state index contributed by atoms with van der Waals surface area (Å²) in [6.45, 7) is 8.88. The molecule has 1 fully saturated rings. The first-order valence-corrected chi connectivity index (χ1v) is 8.46. The summed E-state index contributed by atoms with van der Waals surface area (Å²) in [5, 5.41) is 0.918. The van der Waals surface area contributed by atoms with E-state index in [1.807, 2.05) is 38.7 Å².